The maximum atomic E-state index is 13.0. The highest BCUT2D eigenvalue weighted by atomic mass is 16.3. The largest absolute Gasteiger partial charge is 0.396 e. The minimum absolute atomic E-state index is 0.0366. The number of imidazole rings is 1. The summed E-state index contributed by atoms with van der Waals surface area (Å²) in [7, 11) is 3.78. The van der Waals surface area contributed by atoms with Gasteiger partial charge in [0.05, 0.1) is 23.7 Å². The van der Waals surface area contributed by atoms with Gasteiger partial charge in [-0.05, 0) is 37.5 Å². The predicted octanol–water partition coefficient (Wildman–Crippen LogP) is 1.77. The number of rotatable bonds is 5. The molecular weight excluding hydrogens is 356 g/mol. The summed E-state index contributed by atoms with van der Waals surface area (Å²) >= 11 is 0. The van der Waals surface area contributed by atoms with Crippen LogP contribution in [0.15, 0.2) is 18.2 Å². The average Bonchev–Trinajstić information content (AvgIpc) is 3.41. The zero-order valence-corrected chi connectivity index (χ0v) is 16.8. The number of carbonyl (C=O) groups is 1. The second kappa shape index (κ2) is 7.37. The van der Waals surface area contributed by atoms with Crippen LogP contribution < -0.4 is 4.90 Å². The van der Waals surface area contributed by atoms with Crippen molar-refractivity contribution in [3.05, 3.63) is 23.8 Å². The highest BCUT2D eigenvalue weighted by Gasteiger charge is 2.35. The molecule has 0 spiro atoms. The molecule has 1 atom stereocenters. The van der Waals surface area contributed by atoms with E-state index in [1.165, 1.54) is 0 Å². The number of aliphatic hydroxyl groups excluding tert-OH is 2. The Hall–Kier alpha value is -2.12. The average molecular weight is 386 g/mol. The van der Waals surface area contributed by atoms with Gasteiger partial charge in [0.1, 0.15) is 0 Å². The molecule has 2 aromatic rings. The molecule has 1 aromatic heterocycles. The van der Waals surface area contributed by atoms with Crippen LogP contribution in [0, 0.1) is 5.41 Å². The molecule has 2 heterocycles. The van der Waals surface area contributed by atoms with E-state index in [-0.39, 0.29) is 24.0 Å². The fraction of sp³-hybridized carbons (Fsp3) is 0.619. The summed E-state index contributed by atoms with van der Waals surface area (Å²) in [5.41, 5.74) is 2.23. The molecule has 2 fully saturated rings. The summed E-state index contributed by atoms with van der Waals surface area (Å²) in [6.07, 6.45) is 4.65. The third-order valence-electron chi connectivity index (χ3n) is 6.47. The lowest BCUT2D eigenvalue weighted by Crippen LogP contribution is -2.39. The van der Waals surface area contributed by atoms with E-state index in [2.05, 4.69) is 4.90 Å². The molecule has 1 aromatic carbocycles. The number of fused-ring (bicyclic) bond motifs is 1. The van der Waals surface area contributed by atoms with E-state index in [4.69, 9.17) is 4.98 Å². The van der Waals surface area contributed by atoms with Crippen molar-refractivity contribution < 1.29 is 15.0 Å². The van der Waals surface area contributed by atoms with Gasteiger partial charge in [-0.1, -0.05) is 12.8 Å². The Morgan fingerprint density at radius 2 is 2.11 bits per heavy atom. The van der Waals surface area contributed by atoms with Gasteiger partial charge in [0.2, 0.25) is 5.95 Å². The van der Waals surface area contributed by atoms with Gasteiger partial charge in [-0.25, -0.2) is 4.98 Å². The number of benzene rings is 1. The molecule has 28 heavy (non-hydrogen) atoms. The second-order valence-electron chi connectivity index (χ2n) is 8.59. The summed E-state index contributed by atoms with van der Waals surface area (Å²) in [6, 6.07) is 5.65. The van der Waals surface area contributed by atoms with E-state index in [1.807, 2.05) is 36.9 Å². The Kier molecular flexibility index (Phi) is 5.05. The number of aryl methyl sites for hydroxylation is 1. The van der Waals surface area contributed by atoms with Crippen molar-refractivity contribution in [1.29, 1.82) is 0 Å². The van der Waals surface area contributed by atoms with Gasteiger partial charge in [-0.3, -0.25) is 4.79 Å². The van der Waals surface area contributed by atoms with E-state index in [0.29, 0.717) is 18.7 Å². The van der Waals surface area contributed by atoms with Crippen LogP contribution in [0.2, 0.25) is 0 Å². The zero-order chi connectivity index (χ0) is 19.9. The van der Waals surface area contributed by atoms with Crippen LogP contribution in [0.3, 0.4) is 0 Å². The predicted molar refractivity (Wildman–Crippen MR) is 108 cm³/mol. The molecule has 1 aliphatic carbocycles. The molecule has 1 saturated carbocycles. The van der Waals surface area contributed by atoms with Gasteiger partial charge in [-0.2, -0.15) is 0 Å². The normalized spacial score (nSPS) is 21.6. The first-order valence-corrected chi connectivity index (χ1v) is 10.2. The smallest absolute Gasteiger partial charge is 0.253 e. The van der Waals surface area contributed by atoms with Crippen LogP contribution in [-0.4, -0.2) is 70.0 Å². The monoisotopic (exact) mass is 386 g/mol. The van der Waals surface area contributed by atoms with Crippen molar-refractivity contribution in [1.82, 2.24) is 14.5 Å². The molecule has 1 saturated heterocycles. The van der Waals surface area contributed by atoms with Crippen molar-refractivity contribution in [3.63, 3.8) is 0 Å². The molecule has 0 unspecified atom stereocenters. The van der Waals surface area contributed by atoms with Crippen LogP contribution in [0.4, 0.5) is 5.95 Å². The lowest BCUT2D eigenvalue weighted by atomic mass is 9.86. The van der Waals surface area contributed by atoms with Crippen LogP contribution >= 0.6 is 0 Å². The number of anilines is 1. The number of carbonyl (C=O) groups excluding carboxylic acids is 1. The third kappa shape index (κ3) is 3.37. The molecule has 0 radical (unpaired) electrons. The van der Waals surface area contributed by atoms with Crippen LogP contribution in [0.1, 0.15) is 42.5 Å². The van der Waals surface area contributed by atoms with E-state index in [0.717, 1.165) is 55.6 Å². The fourth-order valence-corrected chi connectivity index (χ4v) is 4.81. The van der Waals surface area contributed by atoms with E-state index in [1.54, 1.807) is 4.90 Å². The number of β-amino-alcohol motifs (C(OH)–C–C–N with tert-alkyl or cyclic N) is 1. The Labute approximate surface area is 165 Å². The number of nitrogens with zero attached hydrogens (tertiary/aromatic N) is 4. The van der Waals surface area contributed by atoms with E-state index >= 15 is 0 Å². The summed E-state index contributed by atoms with van der Waals surface area (Å²) < 4.78 is 2.02. The van der Waals surface area contributed by atoms with Crippen LogP contribution in [0.5, 0.6) is 0 Å². The molecule has 2 aliphatic rings. The SMILES string of the molecule is CN(CC1(CO)CCCC1)C(=O)c1ccc2c(c1)nc(N1CC[C@H](O)C1)n2C. The lowest BCUT2D eigenvalue weighted by Gasteiger charge is -2.31. The molecule has 152 valence electrons. The number of aliphatic hydroxyl groups is 2. The summed E-state index contributed by atoms with van der Waals surface area (Å²) in [5.74, 6) is 0.792. The molecule has 7 nitrogen and oxygen atoms in total. The maximum absolute atomic E-state index is 13.0. The molecule has 1 aliphatic heterocycles. The van der Waals surface area contributed by atoms with Gasteiger partial charge >= 0.3 is 0 Å². The van der Waals surface area contributed by atoms with Gasteiger partial charge in [-0.15, -0.1) is 0 Å². The Bertz CT molecular complexity index is 872. The lowest BCUT2D eigenvalue weighted by molar-refractivity contribution is 0.0595. The standard InChI is InChI=1S/C21H30N4O3/c1-23(13-21(14-26)8-3-4-9-21)19(28)15-5-6-18-17(11-15)22-20(24(18)2)25-10-7-16(27)12-25/h5-6,11,16,26-27H,3-4,7-10,12-14H2,1-2H3/t16-/m0/s1. The molecule has 7 heteroatoms. The van der Waals surface area contributed by atoms with Gasteiger partial charge in [0, 0.05) is 44.7 Å². The second-order valence-corrected chi connectivity index (χ2v) is 8.59. The van der Waals surface area contributed by atoms with Gasteiger partial charge < -0.3 is 24.6 Å². The third-order valence-corrected chi connectivity index (χ3v) is 6.47. The van der Waals surface area contributed by atoms with Crippen molar-refractivity contribution in [2.75, 3.05) is 38.2 Å². The van der Waals surface area contributed by atoms with E-state index < -0.39 is 0 Å². The Morgan fingerprint density at radius 3 is 2.75 bits per heavy atom. The molecular formula is C21H30N4O3. The summed E-state index contributed by atoms with van der Waals surface area (Å²) in [5, 5.41) is 19.7. The quantitative estimate of drug-likeness (QED) is 0.818. The van der Waals surface area contributed by atoms with Crippen molar-refractivity contribution in [2.24, 2.45) is 12.5 Å². The highest BCUT2D eigenvalue weighted by Crippen LogP contribution is 2.38. The minimum atomic E-state index is -0.306. The van der Waals surface area contributed by atoms with Crippen molar-refractivity contribution in [3.8, 4) is 0 Å². The Balaban J connectivity index is 1.56. The first-order chi connectivity index (χ1) is 13.4. The highest BCUT2D eigenvalue weighted by molar-refractivity contribution is 5.97. The summed E-state index contributed by atoms with van der Waals surface area (Å²) in [6.45, 7) is 2.10. The molecule has 4 rings (SSSR count). The van der Waals surface area contributed by atoms with E-state index in [9.17, 15) is 15.0 Å². The fourth-order valence-electron chi connectivity index (χ4n) is 4.81. The molecule has 0 bridgehead atoms. The molecule has 2 N–H and O–H groups in total. The number of hydrogen-bond donors (Lipinski definition) is 2. The minimum Gasteiger partial charge on any atom is -0.396 e. The number of aromatic nitrogens is 2. The van der Waals surface area contributed by atoms with Crippen molar-refractivity contribution in [2.45, 2.75) is 38.2 Å². The summed E-state index contributed by atoms with van der Waals surface area (Å²) in [4.78, 5) is 21.5. The molecule has 1 amide bonds. The first-order valence-electron chi connectivity index (χ1n) is 10.2. The Morgan fingerprint density at radius 1 is 1.36 bits per heavy atom. The first kappa shape index (κ1) is 19.2. The zero-order valence-electron chi connectivity index (χ0n) is 16.8. The van der Waals surface area contributed by atoms with Gasteiger partial charge in [0.15, 0.2) is 0 Å². The van der Waals surface area contributed by atoms with Crippen molar-refractivity contribution >= 4 is 22.9 Å². The van der Waals surface area contributed by atoms with Crippen LogP contribution in [0.25, 0.3) is 11.0 Å². The number of amides is 1. The van der Waals surface area contributed by atoms with Gasteiger partial charge in [0.25, 0.3) is 5.91 Å². The van der Waals surface area contributed by atoms with Crippen LogP contribution in [-0.2, 0) is 7.05 Å². The maximum Gasteiger partial charge on any atom is 0.253 e. The number of hydrogen-bond acceptors (Lipinski definition) is 5. The topological polar surface area (TPSA) is 81.8 Å².